The zero-order valence-electron chi connectivity index (χ0n) is 16.1. The van der Waals surface area contributed by atoms with Crippen molar-refractivity contribution in [1.82, 2.24) is 0 Å². The van der Waals surface area contributed by atoms with Gasteiger partial charge in [-0.2, -0.15) is 0 Å². The van der Waals surface area contributed by atoms with Crippen molar-refractivity contribution in [2.24, 2.45) is 5.92 Å². The van der Waals surface area contributed by atoms with Gasteiger partial charge in [0, 0.05) is 12.7 Å². The molecule has 27 heavy (non-hydrogen) atoms. The molecule has 1 fully saturated rings. The van der Waals surface area contributed by atoms with Gasteiger partial charge in [0.1, 0.15) is 5.75 Å². The maximum Gasteiger partial charge on any atom is 0.175 e. The molecule has 1 heterocycles. The summed E-state index contributed by atoms with van der Waals surface area (Å²) in [4.78, 5) is 0.412. The van der Waals surface area contributed by atoms with Gasteiger partial charge in [0.2, 0.25) is 0 Å². The van der Waals surface area contributed by atoms with Crippen LogP contribution in [0.5, 0.6) is 5.75 Å². The van der Waals surface area contributed by atoms with E-state index in [2.05, 4.69) is 25.1 Å². The minimum absolute atomic E-state index is 0.412. The van der Waals surface area contributed by atoms with Crippen molar-refractivity contribution in [1.29, 1.82) is 0 Å². The summed E-state index contributed by atoms with van der Waals surface area (Å²) < 4.78 is 28.9. The van der Waals surface area contributed by atoms with Crippen molar-refractivity contribution < 1.29 is 13.2 Å². The van der Waals surface area contributed by atoms with Crippen LogP contribution >= 0.6 is 0 Å². The average Bonchev–Trinajstić information content (AvgIpc) is 3.29. The molecule has 3 nitrogen and oxygen atoms in total. The van der Waals surface area contributed by atoms with Crippen LogP contribution in [0.25, 0.3) is 0 Å². The maximum absolute atomic E-state index is 11.6. The summed E-state index contributed by atoms with van der Waals surface area (Å²) in [5.41, 5.74) is 4.07. The van der Waals surface area contributed by atoms with Crippen molar-refractivity contribution in [3.8, 4) is 5.75 Å². The summed E-state index contributed by atoms with van der Waals surface area (Å²) in [5.74, 6) is 2.92. The van der Waals surface area contributed by atoms with Crippen molar-refractivity contribution >= 4 is 9.84 Å². The number of benzene rings is 2. The van der Waals surface area contributed by atoms with E-state index in [-0.39, 0.29) is 0 Å². The molecule has 0 saturated heterocycles. The lowest BCUT2D eigenvalue weighted by molar-refractivity contribution is 0.356. The molecule has 0 N–H and O–H groups in total. The normalized spacial score (nSPS) is 23.0. The quantitative estimate of drug-likeness (QED) is 0.720. The number of hydrogen-bond acceptors (Lipinski definition) is 3. The van der Waals surface area contributed by atoms with Gasteiger partial charge in [0.25, 0.3) is 0 Å². The first-order valence-electron chi connectivity index (χ1n) is 9.96. The van der Waals surface area contributed by atoms with Crippen LogP contribution in [0.1, 0.15) is 61.1 Å². The van der Waals surface area contributed by atoms with Crippen LogP contribution in [-0.2, 0) is 16.3 Å². The maximum atomic E-state index is 11.6. The third-order valence-corrected chi connectivity index (χ3v) is 7.42. The first-order chi connectivity index (χ1) is 12.9. The number of ether oxygens (including phenoxy) is 1. The second-order valence-corrected chi connectivity index (χ2v) is 10.3. The summed E-state index contributed by atoms with van der Waals surface area (Å²) >= 11 is 0. The molecule has 0 bridgehead atoms. The van der Waals surface area contributed by atoms with E-state index >= 15 is 0 Å². The Balaban J connectivity index is 1.38. The highest BCUT2D eigenvalue weighted by Crippen LogP contribution is 2.43. The van der Waals surface area contributed by atoms with Crippen LogP contribution in [0.4, 0.5) is 0 Å². The van der Waals surface area contributed by atoms with Gasteiger partial charge in [0.15, 0.2) is 9.84 Å². The minimum Gasteiger partial charge on any atom is -0.493 e. The summed E-state index contributed by atoms with van der Waals surface area (Å²) in [6.45, 7) is 3.15. The van der Waals surface area contributed by atoms with Crippen LogP contribution in [0, 0.1) is 5.92 Å². The third-order valence-electron chi connectivity index (χ3n) is 6.29. The molecule has 4 rings (SSSR count). The topological polar surface area (TPSA) is 43.4 Å². The molecule has 1 saturated carbocycles. The van der Waals surface area contributed by atoms with Gasteiger partial charge in [-0.25, -0.2) is 8.42 Å². The summed E-state index contributed by atoms with van der Waals surface area (Å²) in [5, 5.41) is 0. The van der Waals surface area contributed by atoms with Crippen molar-refractivity contribution in [3.05, 3.63) is 59.2 Å². The van der Waals surface area contributed by atoms with E-state index in [9.17, 15) is 8.42 Å². The fourth-order valence-corrected chi connectivity index (χ4v) is 5.36. The fourth-order valence-electron chi connectivity index (χ4n) is 4.73. The Hall–Kier alpha value is -1.81. The Bertz CT molecular complexity index is 915. The van der Waals surface area contributed by atoms with E-state index in [0.29, 0.717) is 16.7 Å². The molecule has 1 aliphatic carbocycles. The molecule has 0 radical (unpaired) electrons. The second kappa shape index (κ2) is 7.31. The minimum atomic E-state index is -3.11. The van der Waals surface area contributed by atoms with E-state index in [1.807, 2.05) is 12.1 Å². The molecule has 2 aliphatic rings. The molecule has 0 aromatic heterocycles. The highest BCUT2D eigenvalue weighted by atomic mass is 32.2. The first kappa shape index (κ1) is 18.5. The van der Waals surface area contributed by atoms with Gasteiger partial charge in [-0.05, 0) is 78.3 Å². The summed E-state index contributed by atoms with van der Waals surface area (Å²) in [6.07, 6.45) is 7.18. The van der Waals surface area contributed by atoms with Crippen molar-refractivity contribution in [2.45, 2.75) is 55.8 Å². The van der Waals surface area contributed by atoms with Gasteiger partial charge >= 0.3 is 0 Å². The van der Waals surface area contributed by atoms with E-state index < -0.39 is 9.84 Å². The lowest BCUT2D eigenvalue weighted by Crippen LogP contribution is -2.03. The third kappa shape index (κ3) is 4.06. The SMILES string of the molecule is C[C@@H](CC1CC[C@H](c2ccc(S(C)(=O)=O)cc2)C1)c1ccc2c(c1)CCO2. The van der Waals surface area contributed by atoms with Gasteiger partial charge in [-0.1, -0.05) is 31.2 Å². The summed E-state index contributed by atoms with van der Waals surface area (Å²) in [6, 6.07) is 14.2. The van der Waals surface area contributed by atoms with Crippen molar-refractivity contribution in [2.75, 3.05) is 12.9 Å². The van der Waals surface area contributed by atoms with Gasteiger partial charge in [0.05, 0.1) is 11.5 Å². The van der Waals surface area contributed by atoms with Crippen LogP contribution in [-0.4, -0.2) is 21.3 Å². The van der Waals surface area contributed by atoms with E-state index in [1.165, 1.54) is 48.6 Å². The molecule has 1 unspecified atom stereocenters. The smallest absolute Gasteiger partial charge is 0.175 e. The lowest BCUT2D eigenvalue weighted by Gasteiger charge is -2.18. The van der Waals surface area contributed by atoms with E-state index in [0.717, 1.165) is 24.7 Å². The van der Waals surface area contributed by atoms with Crippen molar-refractivity contribution in [3.63, 3.8) is 0 Å². The number of rotatable bonds is 5. The zero-order chi connectivity index (χ0) is 19.0. The molecule has 2 aromatic rings. The van der Waals surface area contributed by atoms with Gasteiger partial charge in [-0.3, -0.25) is 0 Å². The second-order valence-electron chi connectivity index (χ2n) is 8.32. The number of hydrogen-bond donors (Lipinski definition) is 0. The Morgan fingerprint density at radius 1 is 1.11 bits per heavy atom. The molecule has 144 valence electrons. The fraction of sp³-hybridized carbons (Fsp3) is 0.478. The molecular formula is C23H28O3S. The monoisotopic (exact) mass is 384 g/mol. The number of fused-ring (bicyclic) bond motifs is 1. The standard InChI is InChI=1S/C23H28O3S/c1-16(19-7-10-23-21(15-19)11-12-26-23)13-17-3-4-20(14-17)18-5-8-22(9-6-18)27(2,24)25/h5-10,15-17,20H,3-4,11-14H2,1-2H3/t16-,17?,20-/m0/s1. The zero-order valence-corrected chi connectivity index (χ0v) is 17.0. The van der Waals surface area contributed by atoms with Crippen LogP contribution in [0.15, 0.2) is 47.4 Å². The number of sulfone groups is 1. The highest BCUT2D eigenvalue weighted by molar-refractivity contribution is 7.90. The van der Waals surface area contributed by atoms with E-state index in [1.54, 1.807) is 12.1 Å². The Kier molecular flexibility index (Phi) is 5.02. The summed E-state index contributed by atoms with van der Waals surface area (Å²) in [7, 11) is -3.11. The van der Waals surface area contributed by atoms with E-state index in [4.69, 9.17) is 4.74 Å². The van der Waals surface area contributed by atoms with Gasteiger partial charge < -0.3 is 4.74 Å². The molecular weight excluding hydrogens is 356 g/mol. The largest absolute Gasteiger partial charge is 0.493 e. The molecule has 3 atom stereocenters. The highest BCUT2D eigenvalue weighted by Gasteiger charge is 2.28. The molecule has 1 aliphatic heterocycles. The Morgan fingerprint density at radius 2 is 1.89 bits per heavy atom. The first-order valence-corrected chi connectivity index (χ1v) is 11.8. The average molecular weight is 385 g/mol. The lowest BCUT2D eigenvalue weighted by atomic mass is 9.87. The molecule has 2 aromatic carbocycles. The predicted octanol–water partition coefficient (Wildman–Crippen LogP) is 5.10. The van der Waals surface area contributed by atoms with Crippen LogP contribution in [0.3, 0.4) is 0 Å². The Labute approximate surface area is 162 Å². The predicted molar refractivity (Wildman–Crippen MR) is 108 cm³/mol. The Morgan fingerprint density at radius 3 is 2.63 bits per heavy atom. The molecule has 0 amide bonds. The van der Waals surface area contributed by atoms with Gasteiger partial charge in [-0.15, -0.1) is 0 Å². The molecule has 0 spiro atoms. The van der Waals surface area contributed by atoms with Crippen LogP contribution < -0.4 is 4.74 Å². The van der Waals surface area contributed by atoms with Crippen LogP contribution in [0.2, 0.25) is 0 Å². The molecule has 4 heteroatoms.